The zero-order valence-electron chi connectivity index (χ0n) is 16.0. The molecule has 1 rings (SSSR count). The molecule has 0 aliphatic heterocycles. The molecule has 0 aliphatic rings. The van der Waals surface area contributed by atoms with Gasteiger partial charge in [-0.1, -0.05) is 57.2 Å². The Bertz CT molecular complexity index is 530. The van der Waals surface area contributed by atoms with Crippen LogP contribution in [0.25, 0.3) is 0 Å². The number of carbonyl (C=O) groups excluding carboxylic acids is 1. The summed E-state index contributed by atoms with van der Waals surface area (Å²) < 4.78 is 12.1. The Balaban J connectivity index is 2.61. The molecule has 1 aromatic carbocycles. The van der Waals surface area contributed by atoms with Gasteiger partial charge in [0.25, 0.3) is 0 Å². The standard InChI is InChI=1S/C20H32O3Si/c1-17(13-15-23-24(5,6)20(2,3)4)19(12-14-21)22-16-18-10-8-7-9-11-18/h7-11,13-14,19H,12,15-16H2,1-6H3/b17-13+/t19-/m0/s1. The zero-order valence-corrected chi connectivity index (χ0v) is 17.0. The summed E-state index contributed by atoms with van der Waals surface area (Å²) in [6.45, 7) is 14.3. The van der Waals surface area contributed by atoms with Crippen molar-refractivity contribution in [1.82, 2.24) is 0 Å². The number of hydrogen-bond donors (Lipinski definition) is 0. The van der Waals surface area contributed by atoms with Gasteiger partial charge in [0.15, 0.2) is 8.32 Å². The number of hydrogen-bond acceptors (Lipinski definition) is 3. The lowest BCUT2D eigenvalue weighted by atomic mass is 10.1. The minimum Gasteiger partial charge on any atom is -0.413 e. The first kappa shape index (κ1) is 20.8. The molecule has 0 aromatic heterocycles. The monoisotopic (exact) mass is 348 g/mol. The lowest BCUT2D eigenvalue weighted by molar-refractivity contribution is -0.110. The van der Waals surface area contributed by atoms with E-state index < -0.39 is 8.32 Å². The van der Waals surface area contributed by atoms with Crippen molar-refractivity contribution in [3.05, 3.63) is 47.5 Å². The number of aldehydes is 1. The van der Waals surface area contributed by atoms with Gasteiger partial charge in [0, 0.05) is 6.42 Å². The van der Waals surface area contributed by atoms with Crippen LogP contribution in [0, 0.1) is 0 Å². The Kier molecular flexibility index (Phi) is 8.07. The first-order valence-electron chi connectivity index (χ1n) is 8.57. The summed E-state index contributed by atoms with van der Waals surface area (Å²) in [5, 5.41) is 0.195. The number of rotatable bonds is 9. The van der Waals surface area contributed by atoms with Crippen molar-refractivity contribution in [2.45, 2.75) is 65.0 Å². The summed E-state index contributed by atoms with van der Waals surface area (Å²) in [7, 11) is -1.75. The predicted octanol–water partition coefficient (Wildman–Crippen LogP) is 5.13. The second-order valence-electron chi connectivity index (χ2n) is 7.71. The summed E-state index contributed by atoms with van der Waals surface area (Å²) >= 11 is 0. The first-order chi connectivity index (χ1) is 11.2. The molecule has 1 atom stereocenters. The lowest BCUT2D eigenvalue weighted by Gasteiger charge is -2.35. The molecule has 0 aliphatic carbocycles. The summed E-state index contributed by atoms with van der Waals surface area (Å²) in [6, 6.07) is 10.0. The average molecular weight is 349 g/mol. The minimum absolute atomic E-state index is 0.189. The molecule has 24 heavy (non-hydrogen) atoms. The molecule has 134 valence electrons. The van der Waals surface area contributed by atoms with Crippen LogP contribution in [0.5, 0.6) is 0 Å². The van der Waals surface area contributed by atoms with E-state index in [0.29, 0.717) is 19.6 Å². The summed E-state index contributed by atoms with van der Waals surface area (Å²) in [5.74, 6) is 0. The maximum Gasteiger partial charge on any atom is 0.192 e. The quantitative estimate of drug-likeness (QED) is 0.352. The van der Waals surface area contributed by atoms with Gasteiger partial charge in [-0.2, -0.15) is 0 Å². The Hall–Kier alpha value is -1.23. The highest BCUT2D eigenvalue weighted by molar-refractivity contribution is 6.74. The van der Waals surface area contributed by atoms with E-state index in [-0.39, 0.29) is 11.1 Å². The van der Waals surface area contributed by atoms with E-state index in [1.54, 1.807) is 0 Å². The fourth-order valence-electron chi connectivity index (χ4n) is 1.97. The molecule has 0 saturated heterocycles. The van der Waals surface area contributed by atoms with E-state index in [4.69, 9.17) is 9.16 Å². The van der Waals surface area contributed by atoms with Crippen LogP contribution < -0.4 is 0 Å². The van der Waals surface area contributed by atoms with Gasteiger partial charge in [0.1, 0.15) is 6.29 Å². The molecule has 4 heteroatoms. The van der Waals surface area contributed by atoms with Crippen LogP contribution in [0.3, 0.4) is 0 Å². The number of benzene rings is 1. The lowest BCUT2D eigenvalue weighted by Crippen LogP contribution is -2.40. The van der Waals surface area contributed by atoms with Gasteiger partial charge in [-0.25, -0.2) is 0 Å². The van der Waals surface area contributed by atoms with Crippen molar-refractivity contribution in [2.75, 3.05) is 6.61 Å². The zero-order chi connectivity index (χ0) is 18.2. The fourth-order valence-corrected chi connectivity index (χ4v) is 2.91. The molecular weight excluding hydrogens is 316 g/mol. The third-order valence-electron chi connectivity index (χ3n) is 4.77. The highest BCUT2D eigenvalue weighted by atomic mass is 28.4. The molecule has 0 bridgehead atoms. The number of carbonyl (C=O) groups is 1. The second kappa shape index (κ2) is 9.30. The molecule has 0 radical (unpaired) electrons. The molecule has 0 unspecified atom stereocenters. The largest absolute Gasteiger partial charge is 0.413 e. The van der Waals surface area contributed by atoms with Gasteiger partial charge in [0.2, 0.25) is 0 Å². The van der Waals surface area contributed by atoms with Crippen LogP contribution in [-0.4, -0.2) is 27.3 Å². The van der Waals surface area contributed by atoms with Crippen molar-refractivity contribution in [1.29, 1.82) is 0 Å². The van der Waals surface area contributed by atoms with Crippen LogP contribution in [-0.2, 0) is 20.6 Å². The Morgan fingerprint density at radius 3 is 2.38 bits per heavy atom. The van der Waals surface area contributed by atoms with E-state index in [2.05, 4.69) is 39.9 Å². The molecule has 0 amide bonds. The van der Waals surface area contributed by atoms with Crippen LogP contribution in [0.2, 0.25) is 18.1 Å². The Morgan fingerprint density at radius 2 is 1.83 bits per heavy atom. The first-order valence-corrected chi connectivity index (χ1v) is 11.5. The van der Waals surface area contributed by atoms with E-state index in [1.807, 2.05) is 37.3 Å². The van der Waals surface area contributed by atoms with Crippen LogP contribution in [0.1, 0.15) is 39.7 Å². The summed E-state index contributed by atoms with van der Waals surface area (Å²) in [5.41, 5.74) is 2.16. The highest BCUT2D eigenvalue weighted by Gasteiger charge is 2.36. The van der Waals surface area contributed by atoms with Crippen molar-refractivity contribution < 1.29 is 14.0 Å². The van der Waals surface area contributed by atoms with Gasteiger partial charge < -0.3 is 14.0 Å². The van der Waals surface area contributed by atoms with Crippen molar-refractivity contribution in [3.8, 4) is 0 Å². The van der Waals surface area contributed by atoms with Gasteiger partial charge in [-0.15, -0.1) is 0 Å². The maximum absolute atomic E-state index is 11.0. The van der Waals surface area contributed by atoms with E-state index in [0.717, 1.165) is 17.4 Å². The molecule has 0 heterocycles. The molecule has 3 nitrogen and oxygen atoms in total. The molecule has 0 spiro atoms. The third kappa shape index (κ3) is 6.71. The molecule has 0 saturated carbocycles. The van der Waals surface area contributed by atoms with Gasteiger partial charge in [-0.05, 0) is 36.2 Å². The maximum atomic E-state index is 11.0. The Morgan fingerprint density at radius 1 is 1.21 bits per heavy atom. The van der Waals surface area contributed by atoms with Gasteiger partial charge in [0.05, 0.1) is 19.3 Å². The average Bonchev–Trinajstić information content (AvgIpc) is 2.51. The SMILES string of the molecule is C/C(=C\CO[Si](C)(C)C(C)(C)C)[C@H](CC=O)OCc1ccccc1. The second-order valence-corrected chi connectivity index (χ2v) is 12.5. The summed E-state index contributed by atoms with van der Waals surface area (Å²) in [6.07, 6.45) is 3.15. The van der Waals surface area contributed by atoms with Crippen molar-refractivity contribution in [2.24, 2.45) is 0 Å². The van der Waals surface area contributed by atoms with Crippen molar-refractivity contribution in [3.63, 3.8) is 0 Å². The number of ether oxygens (including phenoxy) is 1. The van der Waals surface area contributed by atoms with Gasteiger partial charge in [-0.3, -0.25) is 0 Å². The molecule has 0 N–H and O–H groups in total. The van der Waals surface area contributed by atoms with Crippen LogP contribution >= 0.6 is 0 Å². The highest BCUT2D eigenvalue weighted by Crippen LogP contribution is 2.36. The van der Waals surface area contributed by atoms with Crippen LogP contribution in [0.15, 0.2) is 42.0 Å². The predicted molar refractivity (Wildman–Crippen MR) is 103 cm³/mol. The van der Waals surface area contributed by atoms with E-state index in [9.17, 15) is 4.79 Å². The molecular formula is C20H32O3Si. The topological polar surface area (TPSA) is 35.5 Å². The molecule has 0 fully saturated rings. The molecule has 1 aromatic rings. The normalized spacial score (nSPS) is 14.5. The minimum atomic E-state index is -1.75. The van der Waals surface area contributed by atoms with Gasteiger partial charge >= 0.3 is 0 Å². The van der Waals surface area contributed by atoms with Crippen molar-refractivity contribution >= 4 is 14.6 Å². The van der Waals surface area contributed by atoms with Crippen LogP contribution in [0.4, 0.5) is 0 Å². The smallest absolute Gasteiger partial charge is 0.192 e. The Labute approximate surface area is 148 Å². The third-order valence-corrected chi connectivity index (χ3v) is 9.27. The fraction of sp³-hybridized carbons (Fsp3) is 0.550. The van der Waals surface area contributed by atoms with E-state index in [1.165, 1.54) is 0 Å². The summed E-state index contributed by atoms with van der Waals surface area (Å²) in [4.78, 5) is 11.0. The van der Waals surface area contributed by atoms with E-state index >= 15 is 0 Å².